The van der Waals surface area contributed by atoms with Crippen LogP contribution in [0.15, 0.2) is 53.4 Å². The molecule has 0 bridgehead atoms. The van der Waals surface area contributed by atoms with Crippen LogP contribution in [0.25, 0.3) is 0 Å². The molecular formula is C16H16N2O4S. The van der Waals surface area contributed by atoms with Gasteiger partial charge in [-0.15, -0.1) is 11.8 Å². The molecule has 0 radical (unpaired) electrons. The number of methoxy groups -OCH3 is 1. The fourth-order valence-electron chi connectivity index (χ4n) is 1.84. The Hall–Kier alpha value is -2.54. The van der Waals surface area contributed by atoms with Crippen LogP contribution in [0.3, 0.4) is 0 Å². The molecule has 0 saturated carbocycles. The molecule has 1 atom stereocenters. The zero-order chi connectivity index (χ0) is 16.8. The number of benzene rings is 2. The van der Waals surface area contributed by atoms with Gasteiger partial charge in [0.25, 0.3) is 5.69 Å². The minimum Gasteiger partial charge on any atom is -0.497 e. The highest BCUT2D eigenvalue weighted by Gasteiger charge is 2.15. The molecule has 0 aliphatic carbocycles. The molecule has 1 N–H and O–H groups in total. The summed E-state index contributed by atoms with van der Waals surface area (Å²) in [6, 6.07) is 13.2. The van der Waals surface area contributed by atoms with E-state index in [0.29, 0.717) is 5.69 Å². The number of amides is 1. The van der Waals surface area contributed by atoms with E-state index in [0.717, 1.165) is 10.6 Å². The van der Waals surface area contributed by atoms with Crippen LogP contribution >= 0.6 is 11.8 Å². The van der Waals surface area contributed by atoms with Crippen molar-refractivity contribution in [1.82, 2.24) is 0 Å². The van der Waals surface area contributed by atoms with Crippen molar-refractivity contribution in [2.75, 3.05) is 12.4 Å². The Kier molecular flexibility index (Phi) is 5.59. The highest BCUT2D eigenvalue weighted by Crippen LogP contribution is 2.27. The molecule has 0 aromatic heterocycles. The average molecular weight is 332 g/mol. The van der Waals surface area contributed by atoms with Crippen molar-refractivity contribution >= 4 is 29.0 Å². The SMILES string of the molecule is COc1cccc(SC(C)C(=O)Nc2ccc([N+](=O)[O-])cc2)c1. The number of carbonyl (C=O) groups is 1. The summed E-state index contributed by atoms with van der Waals surface area (Å²) >= 11 is 1.41. The second-order valence-electron chi connectivity index (χ2n) is 4.73. The monoisotopic (exact) mass is 332 g/mol. The lowest BCUT2D eigenvalue weighted by Gasteiger charge is -2.12. The molecule has 2 aromatic rings. The van der Waals surface area contributed by atoms with Gasteiger partial charge in [0.1, 0.15) is 5.75 Å². The number of non-ortho nitro benzene ring substituents is 1. The zero-order valence-electron chi connectivity index (χ0n) is 12.7. The number of thioether (sulfide) groups is 1. The van der Waals surface area contributed by atoms with Gasteiger partial charge in [0, 0.05) is 22.7 Å². The Bertz CT molecular complexity index is 703. The maximum Gasteiger partial charge on any atom is 0.269 e. The predicted octanol–water partition coefficient (Wildman–Crippen LogP) is 3.72. The molecule has 0 spiro atoms. The minimum absolute atomic E-state index is 0.0122. The fraction of sp³-hybridized carbons (Fsp3) is 0.188. The summed E-state index contributed by atoms with van der Waals surface area (Å²) in [5, 5.41) is 13.0. The molecule has 0 heterocycles. The quantitative estimate of drug-likeness (QED) is 0.495. The number of nitrogens with zero attached hydrogens (tertiary/aromatic N) is 1. The molecule has 2 aromatic carbocycles. The Morgan fingerprint density at radius 3 is 2.57 bits per heavy atom. The van der Waals surface area contributed by atoms with E-state index >= 15 is 0 Å². The normalized spacial score (nSPS) is 11.6. The van der Waals surface area contributed by atoms with Crippen molar-refractivity contribution in [2.45, 2.75) is 17.1 Å². The summed E-state index contributed by atoms with van der Waals surface area (Å²) in [5.41, 5.74) is 0.514. The first-order chi connectivity index (χ1) is 11.0. The summed E-state index contributed by atoms with van der Waals surface area (Å²) in [6.07, 6.45) is 0. The fourth-order valence-corrected chi connectivity index (χ4v) is 2.76. The van der Waals surface area contributed by atoms with E-state index < -0.39 is 4.92 Å². The Morgan fingerprint density at radius 1 is 1.26 bits per heavy atom. The van der Waals surface area contributed by atoms with Crippen LogP contribution < -0.4 is 10.1 Å². The molecule has 120 valence electrons. The number of anilines is 1. The Morgan fingerprint density at radius 2 is 1.96 bits per heavy atom. The van der Waals surface area contributed by atoms with E-state index in [4.69, 9.17) is 4.74 Å². The molecule has 2 rings (SSSR count). The zero-order valence-corrected chi connectivity index (χ0v) is 13.5. The van der Waals surface area contributed by atoms with E-state index in [1.165, 1.54) is 36.0 Å². The summed E-state index contributed by atoms with van der Waals surface area (Å²) in [6.45, 7) is 1.80. The number of nitrogens with one attached hydrogen (secondary N) is 1. The third-order valence-electron chi connectivity index (χ3n) is 3.07. The highest BCUT2D eigenvalue weighted by molar-refractivity contribution is 8.00. The van der Waals surface area contributed by atoms with E-state index in [-0.39, 0.29) is 16.8 Å². The van der Waals surface area contributed by atoms with Crippen molar-refractivity contribution in [3.63, 3.8) is 0 Å². The van der Waals surface area contributed by atoms with Crippen LogP contribution in [0.4, 0.5) is 11.4 Å². The maximum atomic E-state index is 12.2. The standard InChI is InChI=1S/C16H16N2O4S/c1-11(23-15-5-3-4-14(10-15)22-2)16(19)17-12-6-8-13(9-7-12)18(20)21/h3-11H,1-2H3,(H,17,19). The van der Waals surface area contributed by atoms with Crippen molar-refractivity contribution in [2.24, 2.45) is 0 Å². The first-order valence-corrected chi connectivity index (χ1v) is 7.73. The summed E-state index contributed by atoms with van der Waals surface area (Å²) in [5.74, 6) is 0.560. The molecule has 0 fully saturated rings. The smallest absolute Gasteiger partial charge is 0.269 e. The second-order valence-corrected chi connectivity index (χ2v) is 6.15. The van der Waals surface area contributed by atoms with Gasteiger partial charge in [-0.25, -0.2) is 0 Å². The van der Waals surface area contributed by atoms with Gasteiger partial charge in [0.2, 0.25) is 5.91 Å². The average Bonchev–Trinajstić information content (AvgIpc) is 2.55. The molecule has 0 saturated heterocycles. The third kappa shape index (κ3) is 4.72. The van der Waals surface area contributed by atoms with Crippen molar-refractivity contribution in [3.05, 3.63) is 58.6 Å². The number of hydrogen-bond acceptors (Lipinski definition) is 5. The lowest BCUT2D eigenvalue weighted by Crippen LogP contribution is -2.22. The van der Waals surface area contributed by atoms with Crippen molar-refractivity contribution in [1.29, 1.82) is 0 Å². The lowest BCUT2D eigenvalue weighted by atomic mass is 10.3. The number of ether oxygens (including phenoxy) is 1. The highest BCUT2D eigenvalue weighted by atomic mass is 32.2. The van der Waals surface area contributed by atoms with Gasteiger partial charge in [-0.3, -0.25) is 14.9 Å². The van der Waals surface area contributed by atoms with Gasteiger partial charge in [0.15, 0.2) is 0 Å². The molecule has 0 aliphatic rings. The van der Waals surface area contributed by atoms with Crippen LogP contribution in [0.2, 0.25) is 0 Å². The van der Waals surface area contributed by atoms with E-state index in [2.05, 4.69) is 5.32 Å². The lowest BCUT2D eigenvalue weighted by molar-refractivity contribution is -0.384. The van der Waals surface area contributed by atoms with Crippen LogP contribution in [0.5, 0.6) is 5.75 Å². The largest absolute Gasteiger partial charge is 0.497 e. The number of rotatable bonds is 6. The van der Waals surface area contributed by atoms with E-state index in [1.807, 2.05) is 24.3 Å². The van der Waals surface area contributed by atoms with Crippen LogP contribution in [-0.4, -0.2) is 23.2 Å². The molecule has 0 aliphatic heterocycles. The first kappa shape index (κ1) is 16.8. The predicted molar refractivity (Wildman–Crippen MR) is 90.0 cm³/mol. The molecule has 23 heavy (non-hydrogen) atoms. The molecule has 1 unspecified atom stereocenters. The number of nitro groups is 1. The van der Waals surface area contributed by atoms with Crippen LogP contribution in [0.1, 0.15) is 6.92 Å². The summed E-state index contributed by atoms with van der Waals surface area (Å²) in [4.78, 5) is 23.2. The molecule has 6 nitrogen and oxygen atoms in total. The number of carbonyl (C=O) groups excluding carboxylic acids is 1. The van der Waals surface area contributed by atoms with Gasteiger partial charge in [-0.1, -0.05) is 6.07 Å². The topological polar surface area (TPSA) is 81.5 Å². The van der Waals surface area contributed by atoms with Gasteiger partial charge >= 0.3 is 0 Å². The van der Waals surface area contributed by atoms with Gasteiger partial charge in [-0.2, -0.15) is 0 Å². The summed E-state index contributed by atoms with van der Waals surface area (Å²) in [7, 11) is 1.59. The van der Waals surface area contributed by atoms with Gasteiger partial charge in [0.05, 0.1) is 17.3 Å². The van der Waals surface area contributed by atoms with E-state index in [9.17, 15) is 14.9 Å². The summed E-state index contributed by atoms with van der Waals surface area (Å²) < 4.78 is 5.15. The van der Waals surface area contributed by atoms with Gasteiger partial charge in [-0.05, 0) is 37.3 Å². The molecular weight excluding hydrogens is 316 g/mol. The molecule has 7 heteroatoms. The first-order valence-electron chi connectivity index (χ1n) is 6.85. The minimum atomic E-state index is -0.479. The second kappa shape index (κ2) is 7.64. The van der Waals surface area contributed by atoms with Crippen molar-refractivity contribution < 1.29 is 14.5 Å². The Balaban J connectivity index is 1.97. The van der Waals surface area contributed by atoms with Crippen LogP contribution in [-0.2, 0) is 4.79 Å². The van der Waals surface area contributed by atoms with E-state index in [1.54, 1.807) is 14.0 Å². The van der Waals surface area contributed by atoms with Crippen molar-refractivity contribution in [3.8, 4) is 5.75 Å². The number of hydrogen-bond donors (Lipinski definition) is 1. The molecule has 1 amide bonds. The Labute approximate surface area is 138 Å². The van der Waals surface area contributed by atoms with Gasteiger partial charge < -0.3 is 10.1 Å². The maximum absolute atomic E-state index is 12.2. The number of nitro benzene ring substituents is 1. The van der Waals surface area contributed by atoms with Crippen LogP contribution in [0, 0.1) is 10.1 Å². The third-order valence-corrected chi connectivity index (χ3v) is 4.16.